The molecule has 19 heavy (non-hydrogen) atoms. The summed E-state index contributed by atoms with van der Waals surface area (Å²) >= 11 is 1.21. The van der Waals surface area contributed by atoms with Crippen LogP contribution in [0.2, 0.25) is 0 Å². The van der Waals surface area contributed by atoms with Gasteiger partial charge in [-0.15, -0.1) is 0 Å². The van der Waals surface area contributed by atoms with Crippen LogP contribution >= 0.6 is 11.7 Å². The minimum atomic E-state index is 0.0378. The molecule has 2 aromatic heterocycles. The van der Waals surface area contributed by atoms with Crippen LogP contribution in [0.4, 0.5) is 0 Å². The van der Waals surface area contributed by atoms with Gasteiger partial charge in [0.2, 0.25) is 0 Å². The number of hydrogen-bond donors (Lipinski definition) is 0. The summed E-state index contributed by atoms with van der Waals surface area (Å²) < 4.78 is 12.2. The zero-order chi connectivity index (χ0) is 13.4. The van der Waals surface area contributed by atoms with Crippen LogP contribution in [0, 0.1) is 0 Å². The van der Waals surface area contributed by atoms with Crippen LogP contribution in [0.1, 0.15) is 13.8 Å². The summed E-state index contributed by atoms with van der Waals surface area (Å²) in [5.41, 5.74) is 3.75. The molecule has 0 saturated carbocycles. The minimum Gasteiger partial charge on any atom is -0.282 e. The third-order valence-electron chi connectivity index (χ3n) is 3.23. The number of benzene rings is 1. The van der Waals surface area contributed by atoms with Gasteiger partial charge in [-0.25, -0.2) is 0 Å². The third kappa shape index (κ3) is 1.88. The van der Waals surface area contributed by atoms with Crippen LogP contribution in [-0.2, 0) is 13.1 Å². The topological polar surface area (TPSA) is 52.7 Å². The van der Waals surface area contributed by atoms with Crippen molar-refractivity contribution < 1.29 is 0 Å². The molecule has 3 aromatic rings. The van der Waals surface area contributed by atoms with Gasteiger partial charge in [-0.1, -0.05) is 6.07 Å². The molecule has 0 fully saturated rings. The minimum absolute atomic E-state index is 0.0378. The van der Waals surface area contributed by atoms with E-state index in [-0.39, 0.29) is 5.56 Å². The SMILES string of the molecule is CCn1c(-c2ccc3nsnc3c2)cc(=O)n1CC. The molecule has 0 radical (unpaired) electrons. The number of nitrogens with zero attached hydrogens (tertiary/aromatic N) is 4. The Hall–Kier alpha value is -1.95. The summed E-state index contributed by atoms with van der Waals surface area (Å²) in [4.78, 5) is 12.0. The Labute approximate surface area is 114 Å². The van der Waals surface area contributed by atoms with Crippen LogP contribution in [0.25, 0.3) is 22.3 Å². The van der Waals surface area contributed by atoms with Crippen LogP contribution in [0.5, 0.6) is 0 Å². The second-order valence-electron chi connectivity index (χ2n) is 4.27. The van der Waals surface area contributed by atoms with Crippen molar-refractivity contribution in [3.63, 3.8) is 0 Å². The van der Waals surface area contributed by atoms with Gasteiger partial charge < -0.3 is 0 Å². The van der Waals surface area contributed by atoms with Gasteiger partial charge in [0.1, 0.15) is 11.0 Å². The maximum atomic E-state index is 12.0. The van der Waals surface area contributed by atoms with Crippen LogP contribution in [-0.4, -0.2) is 18.1 Å². The molecule has 6 heteroatoms. The molecule has 0 atom stereocenters. The van der Waals surface area contributed by atoms with Gasteiger partial charge in [0, 0.05) is 24.7 Å². The van der Waals surface area contributed by atoms with E-state index < -0.39 is 0 Å². The Kier molecular flexibility index (Phi) is 2.94. The summed E-state index contributed by atoms with van der Waals surface area (Å²) in [7, 11) is 0. The van der Waals surface area contributed by atoms with E-state index in [0.29, 0.717) is 6.54 Å². The van der Waals surface area contributed by atoms with E-state index in [0.717, 1.165) is 28.8 Å². The molecular weight excluding hydrogens is 260 g/mol. The molecule has 0 bridgehead atoms. The molecule has 0 amide bonds. The molecule has 0 N–H and O–H groups in total. The highest BCUT2D eigenvalue weighted by molar-refractivity contribution is 7.00. The highest BCUT2D eigenvalue weighted by Crippen LogP contribution is 2.23. The summed E-state index contributed by atoms with van der Waals surface area (Å²) in [5, 5.41) is 0. The van der Waals surface area contributed by atoms with Gasteiger partial charge in [-0.05, 0) is 26.0 Å². The maximum Gasteiger partial charge on any atom is 0.267 e. The molecule has 0 saturated heterocycles. The quantitative estimate of drug-likeness (QED) is 0.736. The van der Waals surface area contributed by atoms with Crippen LogP contribution in [0.3, 0.4) is 0 Å². The van der Waals surface area contributed by atoms with E-state index in [1.165, 1.54) is 11.7 Å². The molecule has 0 spiro atoms. The van der Waals surface area contributed by atoms with Crippen molar-refractivity contribution >= 4 is 22.8 Å². The number of hydrogen-bond acceptors (Lipinski definition) is 4. The van der Waals surface area contributed by atoms with Gasteiger partial charge in [-0.3, -0.25) is 14.2 Å². The Morgan fingerprint density at radius 1 is 1.05 bits per heavy atom. The average Bonchev–Trinajstić information content (AvgIpc) is 3.00. The first kappa shape index (κ1) is 12.1. The van der Waals surface area contributed by atoms with Crippen LogP contribution < -0.4 is 5.56 Å². The molecular formula is C13H14N4OS. The summed E-state index contributed by atoms with van der Waals surface area (Å²) in [6.45, 7) is 5.45. The molecule has 2 heterocycles. The Morgan fingerprint density at radius 2 is 1.79 bits per heavy atom. The van der Waals surface area contributed by atoms with Crippen molar-refractivity contribution in [2.75, 3.05) is 0 Å². The zero-order valence-corrected chi connectivity index (χ0v) is 11.6. The summed E-state index contributed by atoms with van der Waals surface area (Å²) in [6, 6.07) is 7.61. The molecule has 0 aliphatic rings. The van der Waals surface area contributed by atoms with E-state index in [1.54, 1.807) is 10.7 Å². The van der Waals surface area contributed by atoms with Gasteiger partial charge in [0.25, 0.3) is 5.56 Å². The monoisotopic (exact) mass is 274 g/mol. The van der Waals surface area contributed by atoms with E-state index in [2.05, 4.69) is 8.75 Å². The largest absolute Gasteiger partial charge is 0.282 e. The number of rotatable bonds is 3. The Bertz CT molecular complexity index is 783. The van der Waals surface area contributed by atoms with Crippen molar-refractivity contribution in [1.29, 1.82) is 0 Å². The van der Waals surface area contributed by atoms with Crippen molar-refractivity contribution in [3.8, 4) is 11.3 Å². The van der Waals surface area contributed by atoms with Gasteiger partial charge in [0.15, 0.2) is 0 Å². The molecule has 98 valence electrons. The predicted molar refractivity (Wildman–Crippen MR) is 76.4 cm³/mol. The lowest BCUT2D eigenvalue weighted by Crippen LogP contribution is -2.21. The Morgan fingerprint density at radius 3 is 2.53 bits per heavy atom. The molecule has 5 nitrogen and oxygen atoms in total. The zero-order valence-electron chi connectivity index (χ0n) is 10.8. The van der Waals surface area contributed by atoms with Gasteiger partial charge >= 0.3 is 0 Å². The van der Waals surface area contributed by atoms with Crippen molar-refractivity contribution in [2.24, 2.45) is 0 Å². The first-order valence-electron chi connectivity index (χ1n) is 6.28. The molecule has 3 rings (SSSR count). The fourth-order valence-electron chi connectivity index (χ4n) is 2.36. The molecule has 0 aliphatic heterocycles. The summed E-state index contributed by atoms with van der Waals surface area (Å²) in [6.07, 6.45) is 0. The highest BCUT2D eigenvalue weighted by atomic mass is 32.1. The fraction of sp³-hybridized carbons (Fsp3) is 0.308. The fourth-order valence-corrected chi connectivity index (χ4v) is 2.87. The lowest BCUT2D eigenvalue weighted by molar-refractivity contribution is 0.481. The first-order chi connectivity index (χ1) is 9.24. The molecule has 0 aliphatic carbocycles. The van der Waals surface area contributed by atoms with Crippen molar-refractivity contribution in [1.82, 2.24) is 18.1 Å². The van der Waals surface area contributed by atoms with Gasteiger partial charge in [0.05, 0.1) is 17.4 Å². The molecule has 1 aromatic carbocycles. The number of aromatic nitrogens is 4. The summed E-state index contributed by atoms with van der Waals surface area (Å²) in [5.74, 6) is 0. The van der Waals surface area contributed by atoms with E-state index in [9.17, 15) is 4.79 Å². The van der Waals surface area contributed by atoms with Gasteiger partial charge in [-0.2, -0.15) is 8.75 Å². The Balaban J connectivity index is 2.22. The first-order valence-corrected chi connectivity index (χ1v) is 7.01. The van der Waals surface area contributed by atoms with Crippen molar-refractivity contribution in [2.45, 2.75) is 26.9 Å². The normalized spacial score (nSPS) is 11.3. The number of fused-ring (bicyclic) bond motifs is 1. The highest BCUT2D eigenvalue weighted by Gasteiger charge is 2.11. The van der Waals surface area contributed by atoms with Crippen molar-refractivity contribution in [3.05, 3.63) is 34.6 Å². The van der Waals surface area contributed by atoms with E-state index in [1.807, 2.05) is 36.7 Å². The maximum absolute atomic E-state index is 12.0. The third-order valence-corrected chi connectivity index (χ3v) is 3.79. The average molecular weight is 274 g/mol. The second-order valence-corrected chi connectivity index (χ2v) is 4.80. The lowest BCUT2D eigenvalue weighted by atomic mass is 10.1. The molecule has 0 unspecified atom stereocenters. The second kappa shape index (κ2) is 4.62. The van der Waals surface area contributed by atoms with Crippen LogP contribution in [0.15, 0.2) is 29.1 Å². The predicted octanol–water partition coefficient (Wildman–Crippen LogP) is 2.36. The van der Waals surface area contributed by atoms with E-state index in [4.69, 9.17) is 0 Å². The standard InChI is InChI=1S/C13H14N4OS/c1-3-16-12(8-13(18)17(16)4-2)9-5-6-10-11(7-9)15-19-14-10/h5-8H,3-4H2,1-2H3. The smallest absolute Gasteiger partial charge is 0.267 e. The van der Waals surface area contributed by atoms with E-state index >= 15 is 0 Å². The lowest BCUT2D eigenvalue weighted by Gasteiger charge is -2.11.